The van der Waals surface area contributed by atoms with E-state index in [4.69, 9.17) is 0 Å². The van der Waals surface area contributed by atoms with E-state index in [1.807, 2.05) is 0 Å². The third-order valence-corrected chi connectivity index (χ3v) is 6.11. The summed E-state index contributed by atoms with van der Waals surface area (Å²) in [6.45, 7) is 11.8. The molecule has 0 amide bonds. The average Bonchev–Trinajstić information content (AvgIpc) is 3.12. The fourth-order valence-corrected chi connectivity index (χ4v) is 3.57. The van der Waals surface area contributed by atoms with Crippen molar-refractivity contribution in [3.8, 4) is 0 Å². The van der Waals surface area contributed by atoms with Crippen LogP contribution in [0.5, 0.6) is 0 Å². The number of nitrogens with one attached hydrogen (secondary N) is 1. The van der Waals surface area contributed by atoms with Gasteiger partial charge in [-0.1, -0.05) is 56.0 Å². The van der Waals surface area contributed by atoms with Crippen molar-refractivity contribution in [1.29, 1.82) is 0 Å². The van der Waals surface area contributed by atoms with E-state index in [-0.39, 0.29) is 0 Å². The van der Waals surface area contributed by atoms with Crippen molar-refractivity contribution < 1.29 is 0 Å². The molecule has 1 nitrogen and oxygen atoms in total. The Morgan fingerprint density at radius 3 is 2.28 bits per heavy atom. The highest BCUT2D eigenvalue weighted by Crippen LogP contribution is 2.36. The second kappa shape index (κ2) is 5.58. The maximum atomic E-state index is 3.59. The summed E-state index contributed by atoms with van der Waals surface area (Å²) in [7, 11) is -1.13. The van der Waals surface area contributed by atoms with E-state index in [1.165, 1.54) is 24.9 Å². The molecule has 0 saturated heterocycles. The topological polar surface area (TPSA) is 12.0 Å². The molecule has 1 aliphatic rings. The van der Waals surface area contributed by atoms with Crippen molar-refractivity contribution in [3.63, 3.8) is 0 Å². The molecule has 0 radical (unpaired) electrons. The van der Waals surface area contributed by atoms with Crippen molar-refractivity contribution in [3.05, 3.63) is 29.8 Å². The van der Waals surface area contributed by atoms with E-state index in [2.05, 4.69) is 56.1 Å². The lowest BCUT2D eigenvalue weighted by molar-refractivity contribution is 0.461. The molecule has 1 fully saturated rings. The van der Waals surface area contributed by atoms with Gasteiger partial charge in [-0.05, 0) is 36.8 Å². The van der Waals surface area contributed by atoms with Crippen molar-refractivity contribution in [2.24, 2.45) is 11.8 Å². The Kier molecular flexibility index (Phi) is 4.28. The molecular formula is C16H27NSi. The molecule has 1 aliphatic carbocycles. The van der Waals surface area contributed by atoms with Crippen LogP contribution in [0.25, 0.3) is 0 Å². The van der Waals surface area contributed by atoms with Crippen LogP contribution in [0.4, 0.5) is 0 Å². The third-order valence-electron chi connectivity index (χ3n) is 4.04. The van der Waals surface area contributed by atoms with Crippen LogP contribution >= 0.6 is 0 Å². The average molecular weight is 261 g/mol. The van der Waals surface area contributed by atoms with E-state index >= 15 is 0 Å². The van der Waals surface area contributed by atoms with E-state index < -0.39 is 8.07 Å². The Hall–Kier alpha value is -0.603. The second-order valence-electron chi connectivity index (χ2n) is 6.89. The first-order valence-electron chi connectivity index (χ1n) is 7.27. The fourth-order valence-electron chi connectivity index (χ4n) is 2.40. The zero-order valence-electron chi connectivity index (χ0n) is 12.3. The lowest BCUT2D eigenvalue weighted by Gasteiger charge is -2.17. The van der Waals surface area contributed by atoms with Crippen molar-refractivity contribution in [1.82, 2.24) is 5.32 Å². The van der Waals surface area contributed by atoms with Gasteiger partial charge in [0.2, 0.25) is 0 Å². The molecule has 0 bridgehead atoms. The SMILES string of the molecule is CC(CNCc1ccc([Si](C)(C)C)cc1)C1CC1. The summed E-state index contributed by atoms with van der Waals surface area (Å²) in [5, 5.41) is 5.15. The maximum Gasteiger partial charge on any atom is 0.0775 e. The van der Waals surface area contributed by atoms with Crippen LogP contribution in [0, 0.1) is 11.8 Å². The first kappa shape index (κ1) is 13.8. The predicted octanol–water partition coefficient (Wildman–Crippen LogP) is 3.37. The molecule has 1 unspecified atom stereocenters. The number of benzene rings is 1. The Morgan fingerprint density at radius 1 is 1.17 bits per heavy atom. The minimum atomic E-state index is -1.13. The predicted molar refractivity (Wildman–Crippen MR) is 83.0 cm³/mol. The van der Waals surface area contributed by atoms with Gasteiger partial charge in [0.15, 0.2) is 0 Å². The molecule has 18 heavy (non-hydrogen) atoms. The largest absolute Gasteiger partial charge is 0.312 e. The lowest BCUT2D eigenvalue weighted by Crippen LogP contribution is -2.37. The van der Waals surface area contributed by atoms with Crippen molar-refractivity contribution >= 4 is 13.3 Å². The maximum absolute atomic E-state index is 3.59. The molecule has 1 aromatic rings. The first-order chi connectivity index (χ1) is 8.47. The molecular weight excluding hydrogens is 234 g/mol. The van der Waals surface area contributed by atoms with Gasteiger partial charge < -0.3 is 5.32 Å². The van der Waals surface area contributed by atoms with Gasteiger partial charge >= 0.3 is 0 Å². The molecule has 0 aliphatic heterocycles. The first-order valence-corrected chi connectivity index (χ1v) is 10.8. The summed E-state index contributed by atoms with van der Waals surface area (Å²) in [5.41, 5.74) is 1.42. The van der Waals surface area contributed by atoms with Gasteiger partial charge in [-0.25, -0.2) is 0 Å². The zero-order valence-corrected chi connectivity index (χ0v) is 13.3. The smallest absolute Gasteiger partial charge is 0.0775 e. The molecule has 100 valence electrons. The van der Waals surface area contributed by atoms with Crippen molar-refractivity contribution in [2.45, 2.75) is 46.0 Å². The number of hydrogen-bond donors (Lipinski definition) is 1. The van der Waals surface area contributed by atoms with Crippen LogP contribution in [-0.4, -0.2) is 14.6 Å². The van der Waals surface area contributed by atoms with Crippen LogP contribution < -0.4 is 10.5 Å². The van der Waals surface area contributed by atoms with Gasteiger partial charge in [0.1, 0.15) is 0 Å². The third kappa shape index (κ3) is 3.96. The Labute approximate surface area is 113 Å². The highest BCUT2D eigenvalue weighted by Gasteiger charge is 2.27. The van der Waals surface area contributed by atoms with E-state index in [1.54, 1.807) is 5.19 Å². The summed E-state index contributed by atoms with van der Waals surface area (Å²) in [6.07, 6.45) is 2.90. The summed E-state index contributed by atoms with van der Waals surface area (Å²) in [6, 6.07) is 9.24. The van der Waals surface area contributed by atoms with E-state index in [0.29, 0.717) is 0 Å². The van der Waals surface area contributed by atoms with Gasteiger partial charge in [0, 0.05) is 6.54 Å². The second-order valence-corrected chi connectivity index (χ2v) is 12.0. The minimum absolute atomic E-state index is 0.853. The molecule has 1 saturated carbocycles. The zero-order chi connectivity index (χ0) is 13.2. The van der Waals surface area contributed by atoms with Crippen LogP contribution in [0.15, 0.2) is 24.3 Å². The quantitative estimate of drug-likeness (QED) is 0.774. The number of rotatable bonds is 6. The van der Waals surface area contributed by atoms with Gasteiger partial charge in [0.25, 0.3) is 0 Å². The van der Waals surface area contributed by atoms with Gasteiger partial charge in [-0.2, -0.15) is 0 Å². The number of hydrogen-bond acceptors (Lipinski definition) is 1. The van der Waals surface area contributed by atoms with Crippen LogP contribution in [-0.2, 0) is 6.54 Å². The Bertz CT molecular complexity index is 373. The van der Waals surface area contributed by atoms with Gasteiger partial charge in [-0.15, -0.1) is 0 Å². The standard InChI is InChI=1S/C16H27NSi/c1-13(15-7-8-15)11-17-12-14-5-9-16(10-6-14)18(2,3)4/h5-6,9-10,13,15,17H,7-8,11-12H2,1-4H3. The normalized spacial score (nSPS) is 17.8. The van der Waals surface area contributed by atoms with Crippen molar-refractivity contribution in [2.75, 3.05) is 6.54 Å². The molecule has 0 aromatic heterocycles. The fraction of sp³-hybridized carbons (Fsp3) is 0.625. The summed E-state index contributed by atoms with van der Waals surface area (Å²) in [4.78, 5) is 0. The molecule has 2 rings (SSSR count). The van der Waals surface area contributed by atoms with E-state index in [9.17, 15) is 0 Å². The molecule has 0 spiro atoms. The monoisotopic (exact) mass is 261 g/mol. The van der Waals surface area contributed by atoms with Gasteiger partial charge in [-0.3, -0.25) is 0 Å². The van der Waals surface area contributed by atoms with Crippen LogP contribution in [0.3, 0.4) is 0 Å². The molecule has 1 N–H and O–H groups in total. The van der Waals surface area contributed by atoms with E-state index in [0.717, 1.165) is 18.4 Å². The molecule has 1 atom stereocenters. The Balaban J connectivity index is 1.79. The minimum Gasteiger partial charge on any atom is -0.312 e. The molecule has 2 heteroatoms. The molecule has 1 aromatic carbocycles. The van der Waals surface area contributed by atoms with Crippen LogP contribution in [0.1, 0.15) is 25.3 Å². The highest BCUT2D eigenvalue weighted by molar-refractivity contribution is 6.88. The summed E-state index contributed by atoms with van der Waals surface area (Å²) < 4.78 is 0. The highest BCUT2D eigenvalue weighted by atomic mass is 28.3. The lowest BCUT2D eigenvalue weighted by atomic mass is 10.1. The van der Waals surface area contributed by atoms with Gasteiger partial charge in [0.05, 0.1) is 8.07 Å². The summed E-state index contributed by atoms with van der Waals surface area (Å²) >= 11 is 0. The van der Waals surface area contributed by atoms with Crippen LogP contribution in [0.2, 0.25) is 19.6 Å². The molecule has 0 heterocycles. The Morgan fingerprint density at radius 2 is 1.78 bits per heavy atom. The summed E-state index contributed by atoms with van der Waals surface area (Å²) in [5.74, 6) is 1.86.